The molecule has 0 fully saturated rings. The van der Waals surface area contributed by atoms with Crippen LogP contribution < -0.4 is 5.32 Å². The van der Waals surface area contributed by atoms with Crippen molar-refractivity contribution in [2.45, 2.75) is 58.5 Å². The predicted octanol–water partition coefficient (Wildman–Crippen LogP) is 3.10. The maximum atomic E-state index is 12.0. The first-order valence-corrected chi connectivity index (χ1v) is 6.42. The highest BCUT2D eigenvalue weighted by Crippen LogP contribution is 2.22. The van der Waals surface area contributed by atoms with E-state index in [0.29, 0.717) is 26.2 Å². The summed E-state index contributed by atoms with van der Waals surface area (Å²) in [4.78, 5) is 0. The number of ether oxygens (including phenoxy) is 2. The van der Waals surface area contributed by atoms with Crippen molar-refractivity contribution < 1.29 is 22.6 Å². The van der Waals surface area contributed by atoms with E-state index in [-0.39, 0.29) is 18.8 Å². The van der Waals surface area contributed by atoms with E-state index in [9.17, 15) is 13.2 Å². The van der Waals surface area contributed by atoms with Crippen LogP contribution in [0.5, 0.6) is 0 Å². The van der Waals surface area contributed by atoms with Crippen molar-refractivity contribution in [1.82, 2.24) is 5.32 Å². The van der Waals surface area contributed by atoms with Gasteiger partial charge in [-0.05, 0) is 33.6 Å². The lowest BCUT2D eigenvalue weighted by Gasteiger charge is -2.20. The van der Waals surface area contributed by atoms with Crippen LogP contribution in [0.1, 0.15) is 40.0 Å². The number of hydrogen-bond acceptors (Lipinski definition) is 3. The van der Waals surface area contributed by atoms with Crippen molar-refractivity contribution in [3.8, 4) is 0 Å². The molecule has 0 radical (unpaired) electrons. The summed E-state index contributed by atoms with van der Waals surface area (Å²) in [6, 6.07) is 0.0239. The summed E-state index contributed by atoms with van der Waals surface area (Å²) in [6.07, 6.45) is -4.47. The predicted molar refractivity (Wildman–Crippen MR) is 64.4 cm³/mol. The largest absolute Gasteiger partial charge is 0.389 e. The first kappa shape index (κ1) is 17.7. The number of rotatable bonds is 10. The van der Waals surface area contributed by atoms with Crippen molar-refractivity contribution in [3.63, 3.8) is 0 Å². The Kier molecular flexibility index (Phi) is 9.40. The van der Waals surface area contributed by atoms with Crippen molar-refractivity contribution in [2.24, 2.45) is 0 Å². The second kappa shape index (κ2) is 9.58. The molecule has 0 saturated carbocycles. The van der Waals surface area contributed by atoms with E-state index in [4.69, 9.17) is 9.47 Å². The molecule has 0 bridgehead atoms. The summed E-state index contributed by atoms with van der Waals surface area (Å²) in [5, 5.41) is 3.12. The molecule has 0 aliphatic carbocycles. The van der Waals surface area contributed by atoms with Gasteiger partial charge in [0.25, 0.3) is 0 Å². The maximum Gasteiger partial charge on any atom is 0.389 e. The topological polar surface area (TPSA) is 30.5 Å². The van der Waals surface area contributed by atoms with Crippen molar-refractivity contribution in [1.29, 1.82) is 0 Å². The van der Waals surface area contributed by atoms with Gasteiger partial charge in [-0.3, -0.25) is 0 Å². The Balaban J connectivity index is 3.69. The fraction of sp³-hybridized carbons (Fsp3) is 1.00. The van der Waals surface area contributed by atoms with E-state index >= 15 is 0 Å². The van der Waals surface area contributed by atoms with Crippen LogP contribution in [0.4, 0.5) is 13.2 Å². The molecule has 0 heterocycles. The summed E-state index contributed by atoms with van der Waals surface area (Å²) >= 11 is 0. The zero-order valence-electron chi connectivity index (χ0n) is 11.3. The average molecular weight is 271 g/mol. The van der Waals surface area contributed by atoms with E-state index in [1.165, 1.54) is 0 Å². The lowest BCUT2D eigenvalue weighted by molar-refractivity contribution is -0.137. The quantitative estimate of drug-likeness (QED) is 0.619. The van der Waals surface area contributed by atoms with E-state index in [2.05, 4.69) is 5.32 Å². The Hall–Kier alpha value is -0.330. The van der Waals surface area contributed by atoms with Gasteiger partial charge in [0.1, 0.15) is 0 Å². The van der Waals surface area contributed by atoms with Crippen LogP contribution in [0, 0.1) is 0 Å². The first-order valence-electron chi connectivity index (χ1n) is 6.42. The highest BCUT2D eigenvalue weighted by molar-refractivity contribution is 4.64. The molecule has 6 heteroatoms. The highest BCUT2D eigenvalue weighted by Gasteiger charge is 2.26. The Bertz CT molecular complexity index is 194. The van der Waals surface area contributed by atoms with Gasteiger partial charge in [0.2, 0.25) is 0 Å². The third-order valence-electron chi connectivity index (χ3n) is 2.44. The SMILES string of the molecule is CCOC(CNC(C)CCCC(F)(F)F)OCC. The van der Waals surface area contributed by atoms with Gasteiger partial charge in [0, 0.05) is 32.2 Å². The third kappa shape index (κ3) is 10.8. The molecular formula is C12H24F3NO2. The standard InChI is InChI=1S/C12H24F3NO2/c1-4-17-11(18-5-2)9-16-10(3)7-6-8-12(13,14)15/h10-11,16H,4-9H2,1-3H3. The molecule has 1 N–H and O–H groups in total. The highest BCUT2D eigenvalue weighted by atomic mass is 19.4. The summed E-state index contributed by atoms with van der Waals surface area (Å²) in [5.41, 5.74) is 0. The van der Waals surface area contributed by atoms with Gasteiger partial charge in [-0.15, -0.1) is 0 Å². The van der Waals surface area contributed by atoms with Crippen LogP contribution in [0.3, 0.4) is 0 Å². The van der Waals surface area contributed by atoms with Gasteiger partial charge in [-0.1, -0.05) is 0 Å². The van der Waals surface area contributed by atoms with Gasteiger partial charge in [-0.2, -0.15) is 13.2 Å². The van der Waals surface area contributed by atoms with Gasteiger partial charge in [0.05, 0.1) is 0 Å². The molecular weight excluding hydrogens is 247 g/mol. The van der Waals surface area contributed by atoms with E-state index in [1.807, 2.05) is 20.8 Å². The van der Waals surface area contributed by atoms with Gasteiger partial charge >= 0.3 is 6.18 Å². The number of nitrogens with one attached hydrogen (secondary N) is 1. The van der Waals surface area contributed by atoms with Gasteiger partial charge in [0.15, 0.2) is 6.29 Å². The summed E-state index contributed by atoms with van der Waals surface area (Å²) in [6.45, 7) is 7.21. The Morgan fingerprint density at radius 3 is 2.11 bits per heavy atom. The molecule has 0 aromatic carbocycles. The molecule has 0 saturated heterocycles. The fourth-order valence-corrected chi connectivity index (χ4v) is 1.55. The number of hydrogen-bond donors (Lipinski definition) is 1. The minimum atomic E-state index is -4.06. The Morgan fingerprint density at radius 1 is 1.11 bits per heavy atom. The molecule has 0 spiro atoms. The molecule has 110 valence electrons. The monoisotopic (exact) mass is 271 g/mol. The Morgan fingerprint density at radius 2 is 1.67 bits per heavy atom. The summed E-state index contributed by atoms with van der Waals surface area (Å²) in [5.74, 6) is 0. The van der Waals surface area contributed by atoms with E-state index in [1.54, 1.807) is 0 Å². The van der Waals surface area contributed by atoms with E-state index in [0.717, 1.165) is 0 Å². The second-order valence-electron chi connectivity index (χ2n) is 4.16. The smallest absolute Gasteiger partial charge is 0.352 e. The molecule has 0 rings (SSSR count). The third-order valence-corrected chi connectivity index (χ3v) is 2.44. The zero-order chi connectivity index (χ0) is 14.0. The molecule has 0 aliphatic rings. The molecule has 0 aromatic heterocycles. The van der Waals surface area contributed by atoms with Crippen molar-refractivity contribution >= 4 is 0 Å². The minimum absolute atomic E-state index is 0.0239. The summed E-state index contributed by atoms with van der Waals surface area (Å²) < 4.78 is 46.5. The lowest BCUT2D eigenvalue weighted by atomic mass is 10.1. The molecule has 3 nitrogen and oxygen atoms in total. The first-order chi connectivity index (χ1) is 8.39. The minimum Gasteiger partial charge on any atom is -0.352 e. The van der Waals surface area contributed by atoms with Crippen LogP contribution in [0.15, 0.2) is 0 Å². The van der Waals surface area contributed by atoms with Gasteiger partial charge in [-0.25, -0.2) is 0 Å². The maximum absolute atomic E-state index is 12.0. The van der Waals surface area contributed by atoms with Gasteiger partial charge < -0.3 is 14.8 Å². The molecule has 0 amide bonds. The number of halogens is 3. The van der Waals surface area contributed by atoms with Crippen LogP contribution in [0.25, 0.3) is 0 Å². The van der Waals surface area contributed by atoms with Crippen LogP contribution >= 0.6 is 0 Å². The van der Waals surface area contributed by atoms with Crippen molar-refractivity contribution in [2.75, 3.05) is 19.8 Å². The van der Waals surface area contributed by atoms with Crippen LogP contribution in [-0.4, -0.2) is 38.3 Å². The zero-order valence-corrected chi connectivity index (χ0v) is 11.3. The molecule has 18 heavy (non-hydrogen) atoms. The van der Waals surface area contributed by atoms with Crippen molar-refractivity contribution in [3.05, 3.63) is 0 Å². The second-order valence-corrected chi connectivity index (χ2v) is 4.16. The molecule has 1 unspecified atom stereocenters. The van der Waals surface area contributed by atoms with Crippen LogP contribution in [0.2, 0.25) is 0 Å². The molecule has 0 aliphatic heterocycles. The summed E-state index contributed by atoms with van der Waals surface area (Å²) in [7, 11) is 0. The molecule has 0 aromatic rings. The lowest BCUT2D eigenvalue weighted by Crippen LogP contribution is -2.36. The van der Waals surface area contributed by atoms with Crippen LogP contribution in [-0.2, 0) is 9.47 Å². The molecule has 1 atom stereocenters. The normalized spacial score (nSPS) is 14.2. The average Bonchev–Trinajstić information content (AvgIpc) is 2.25. The number of alkyl halides is 3. The Labute approximate surface area is 107 Å². The fourth-order valence-electron chi connectivity index (χ4n) is 1.55. The van der Waals surface area contributed by atoms with E-state index < -0.39 is 12.6 Å².